The molecule has 3 rings (SSSR count). The Balaban J connectivity index is 0.00000192. The molecule has 1 amide bonds. The van der Waals surface area contributed by atoms with Crippen molar-refractivity contribution >= 4 is 29.3 Å². The third kappa shape index (κ3) is 3.65. The minimum absolute atomic E-state index is 0. The lowest BCUT2D eigenvalue weighted by Gasteiger charge is -2.38. The van der Waals surface area contributed by atoms with E-state index in [0.29, 0.717) is 24.4 Å². The molecule has 6 nitrogen and oxygen atoms in total. The fourth-order valence-electron chi connectivity index (χ4n) is 3.09. The Bertz CT molecular complexity index is 661. The number of halogens is 1. The number of nitrogens with zero attached hydrogens (tertiary/aromatic N) is 2. The van der Waals surface area contributed by atoms with Crippen molar-refractivity contribution in [3.05, 3.63) is 30.0 Å². The first-order valence-corrected chi connectivity index (χ1v) is 7.58. The Hall–Kier alpha value is -1.63. The van der Waals surface area contributed by atoms with Crippen molar-refractivity contribution in [2.45, 2.75) is 31.4 Å². The lowest BCUT2D eigenvalue weighted by molar-refractivity contribution is -0.136. The minimum Gasteiger partial charge on any atom is -0.381 e. The van der Waals surface area contributed by atoms with Crippen molar-refractivity contribution in [1.82, 2.24) is 10.1 Å². The molecular weight excluding hydrogens is 318 g/mol. The summed E-state index contributed by atoms with van der Waals surface area (Å²) in [6.45, 7) is 1.13. The van der Waals surface area contributed by atoms with Gasteiger partial charge < -0.3 is 19.9 Å². The molecule has 0 radical (unpaired) electrons. The second-order valence-corrected chi connectivity index (χ2v) is 5.66. The molecular formula is C16H22ClN3O3. The van der Waals surface area contributed by atoms with E-state index in [-0.39, 0.29) is 36.9 Å². The van der Waals surface area contributed by atoms with E-state index in [1.54, 1.807) is 7.11 Å². The van der Waals surface area contributed by atoms with Gasteiger partial charge in [-0.25, -0.2) is 0 Å². The van der Waals surface area contributed by atoms with Gasteiger partial charge in [0.1, 0.15) is 5.69 Å². The van der Waals surface area contributed by atoms with Gasteiger partial charge in [-0.15, -0.1) is 12.4 Å². The van der Waals surface area contributed by atoms with E-state index in [2.05, 4.69) is 5.16 Å². The number of para-hydroxylation sites is 1. The van der Waals surface area contributed by atoms with Crippen molar-refractivity contribution < 1.29 is 14.1 Å². The zero-order chi connectivity index (χ0) is 15.5. The lowest BCUT2D eigenvalue weighted by Crippen LogP contribution is -2.51. The van der Waals surface area contributed by atoms with Gasteiger partial charge in [-0.1, -0.05) is 17.3 Å². The summed E-state index contributed by atoms with van der Waals surface area (Å²) in [5.41, 5.74) is 7.22. The number of piperidine rings is 1. The molecule has 1 aromatic heterocycles. The second-order valence-electron chi connectivity index (χ2n) is 5.66. The van der Waals surface area contributed by atoms with Gasteiger partial charge in [0, 0.05) is 31.6 Å². The summed E-state index contributed by atoms with van der Waals surface area (Å²) >= 11 is 0. The summed E-state index contributed by atoms with van der Waals surface area (Å²) in [4.78, 5) is 14.5. The third-order valence-corrected chi connectivity index (χ3v) is 4.36. The summed E-state index contributed by atoms with van der Waals surface area (Å²) in [5.74, 6) is 0.0454. The number of methoxy groups -OCH3 is 1. The van der Waals surface area contributed by atoms with Crippen LogP contribution in [0.1, 0.15) is 18.5 Å². The molecule has 0 spiro atoms. The zero-order valence-corrected chi connectivity index (χ0v) is 13.9. The van der Waals surface area contributed by atoms with Crippen LogP contribution in [-0.2, 0) is 16.0 Å². The number of rotatable bonds is 4. The molecule has 2 unspecified atom stereocenters. The SMILES string of the molecule is COC1CCN(C(=O)Cc2noc3ccccc23)C(CN)C1.Cl. The molecule has 0 saturated carbocycles. The fourth-order valence-corrected chi connectivity index (χ4v) is 3.09. The maximum Gasteiger partial charge on any atom is 0.229 e. The van der Waals surface area contributed by atoms with Crippen LogP contribution in [0.25, 0.3) is 11.0 Å². The molecule has 2 N–H and O–H groups in total. The highest BCUT2D eigenvalue weighted by Gasteiger charge is 2.31. The van der Waals surface area contributed by atoms with Crippen LogP contribution >= 0.6 is 12.4 Å². The number of ether oxygens (including phenoxy) is 1. The molecule has 126 valence electrons. The Morgan fingerprint density at radius 3 is 3.00 bits per heavy atom. The van der Waals surface area contributed by atoms with Crippen molar-refractivity contribution in [3.8, 4) is 0 Å². The van der Waals surface area contributed by atoms with Crippen molar-refractivity contribution in [2.24, 2.45) is 5.73 Å². The average Bonchev–Trinajstić information content (AvgIpc) is 2.97. The smallest absolute Gasteiger partial charge is 0.229 e. The van der Waals surface area contributed by atoms with E-state index in [0.717, 1.165) is 18.2 Å². The number of benzene rings is 1. The van der Waals surface area contributed by atoms with E-state index < -0.39 is 0 Å². The summed E-state index contributed by atoms with van der Waals surface area (Å²) in [5, 5.41) is 4.93. The van der Waals surface area contributed by atoms with Gasteiger partial charge in [-0.2, -0.15) is 0 Å². The summed E-state index contributed by atoms with van der Waals surface area (Å²) in [7, 11) is 1.71. The van der Waals surface area contributed by atoms with E-state index in [1.807, 2.05) is 29.2 Å². The number of fused-ring (bicyclic) bond motifs is 1. The second kappa shape index (κ2) is 7.77. The van der Waals surface area contributed by atoms with Crippen LogP contribution in [0.2, 0.25) is 0 Å². The molecule has 1 aliphatic rings. The highest BCUT2D eigenvalue weighted by Crippen LogP contribution is 2.22. The van der Waals surface area contributed by atoms with Gasteiger partial charge in [-0.3, -0.25) is 4.79 Å². The Kier molecular flexibility index (Phi) is 5.98. The summed E-state index contributed by atoms with van der Waals surface area (Å²) < 4.78 is 10.7. The molecule has 2 heterocycles. The maximum absolute atomic E-state index is 12.6. The van der Waals surface area contributed by atoms with Gasteiger partial charge in [-0.05, 0) is 25.0 Å². The zero-order valence-electron chi connectivity index (χ0n) is 13.1. The molecule has 7 heteroatoms. The monoisotopic (exact) mass is 339 g/mol. The number of aromatic nitrogens is 1. The first kappa shape index (κ1) is 17.7. The predicted molar refractivity (Wildman–Crippen MR) is 89.5 cm³/mol. The first-order chi connectivity index (χ1) is 10.7. The van der Waals surface area contributed by atoms with Gasteiger partial charge in [0.15, 0.2) is 5.58 Å². The number of carbonyl (C=O) groups excluding carboxylic acids is 1. The Labute approximate surface area is 141 Å². The van der Waals surface area contributed by atoms with E-state index in [4.69, 9.17) is 15.0 Å². The summed E-state index contributed by atoms with van der Waals surface area (Å²) in [6, 6.07) is 7.61. The molecule has 1 fully saturated rings. The van der Waals surface area contributed by atoms with Crippen molar-refractivity contribution in [3.63, 3.8) is 0 Å². The molecule has 2 atom stereocenters. The number of nitrogens with two attached hydrogens (primary N) is 1. The van der Waals surface area contributed by atoms with Crippen LogP contribution in [-0.4, -0.2) is 48.3 Å². The molecule has 0 bridgehead atoms. The Morgan fingerprint density at radius 1 is 1.48 bits per heavy atom. The number of amides is 1. The largest absolute Gasteiger partial charge is 0.381 e. The number of carbonyl (C=O) groups is 1. The van der Waals surface area contributed by atoms with Gasteiger partial charge in [0.25, 0.3) is 0 Å². The van der Waals surface area contributed by atoms with Crippen LogP contribution in [0.15, 0.2) is 28.8 Å². The lowest BCUT2D eigenvalue weighted by atomic mass is 9.98. The van der Waals surface area contributed by atoms with Crippen LogP contribution in [0.5, 0.6) is 0 Å². The van der Waals surface area contributed by atoms with Crippen LogP contribution < -0.4 is 5.73 Å². The molecule has 1 saturated heterocycles. The van der Waals surface area contributed by atoms with Crippen LogP contribution in [0.3, 0.4) is 0 Å². The average molecular weight is 340 g/mol. The van der Waals surface area contributed by atoms with E-state index in [9.17, 15) is 4.79 Å². The Morgan fingerprint density at radius 2 is 2.26 bits per heavy atom. The maximum atomic E-state index is 12.6. The van der Waals surface area contributed by atoms with Crippen molar-refractivity contribution in [2.75, 3.05) is 20.2 Å². The first-order valence-electron chi connectivity index (χ1n) is 7.58. The number of hydrogen-bond donors (Lipinski definition) is 1. The minimum atomic E-state index is 0. The number of hydrogen-bond acceptors (Lipinski definition) is 5. The van der Waals surface area contributed by atoms with Crippen LogP contribution in [0.4, 0.5) is 0 Å². The predicted octanol–water partition coefficient (Wildman–Crippen LogP) is 1.76. The van der Waals surface area contributed by atoms with E-state index in [1.165, 1.54) is 0 Å². The molecule has 1 aromatic carbocycles. The topological polar surface area (TPSA) is 81.6 Å². The van der Waals surface area contributed by atoms with E-state index >= 15 is 0 Å². The fraction of sp³-hybridized carbons (Fsp3) is 0.500. The van der Waals surface area contributed by atoms with Crippen LogP contribution in [0, 0.1) is 0 Å². The standard InChI is InChI=1S/C16H21N3O3.ClH/c1-21-12-6-7-19(11(8-12)10-17)16(20)9-14-13-4-2-3-5-15(13)22-18-14;/h2-5,11-12H,6-10,17H2,1H3;1H. The van der Waals surface area contributed by atoms with Gasteiger partial charge in [0.2, 0.25) is 5.91 Å². The quantitative estimate of drug-likeness (QED) is 0.917. The third-order valence-electron chi connectivity index (χ3n) is 4.36. The molecule has 1 aliphatic heterocycles. The van der Waals surface area contributed by atoms with Crippen molar-refractivity contribution in [1.29, 1.82) is 0 Å². The normalized spacial score (nSPS) is 21.2. The summed E-state index contributed by atoms with van der Waals surface area (Å²) in [6.07, 6.45) is 2.06. The van der Waals surface area contributed by atoms with Gasteiger partial charge >= 0.3 is 0 Å². The highest BCUT2D eigenvalue weighted by molar-refractivity contribution is 5.86. The van der Waals surface area contributed by atoms with Gasteiger partial charge in [0.05, 0.1) is 12.5 Å². The number of likely N-dealkylation sites (tertiary alicyclic amines) is 1. The molecule has 0 aliphatic carbocycles. The highest BCUT2D eigenvalue weighted by atomic mass is 35.5. The molecule has 23 heavy (non-hydrogen) atoms. The molecule has 2 aromatic rings.